The molecule has 1 atom stereocenters. The predicted octanol–water partition coefficient (Wildman–Crippen LogP) is 5.11. The smallest absolute Gasteiger partial charge is 0.111 e. The van der Waals surface area contributed by atoms with Gasteiger partial charge in [0.15, 0.2) is 0 Å². The number of fused-ring (bicyclic) bond motifs is 1. The molecule has 3 aromatic rings. The monoisotopic (exact) mass is 318 g/mol. The summed E-state index contributed by atoms with van der Waals surface area (Å²) in [5.74, 6) is 1.67. The van der Waals surface area contributed by atoms with Crippen LogP contribution in [0.5, 0.6) is 0 Å². The van der Waals surface area contributed by atoms with Crippen LogP contribution >= 0.6 is 22.9 Å². The molecule has 0 saturated carbocycles. The fraction of sp³-hybridized carbons (Fsp3) is 0.353. The topological polar surface area (TPSA) is 17.8 Å². The van der Waals surface area contributed by atoms with E-state index in [4.69, 9.17) is 16.6 Å². The number of para-hydroxylation sites is 1. The summed E-state index contributed by atoms with van der Waals surface area (Å²) in [5, 5.41) is 0. The SMILES string of the molecule is Cc1ccc(C(C)n2c(CCCl)nc3cccc(C)c32)s1. The van der Waals surface area contributed by atoms with Gasteiger partial charge in [0.05, 0.1) is 17.1 Å². The molecule has 0 saturated heterocycles. The molecule has 0 spiro atoms. The molecule has 2 aromatic heterocycles. The first-order chi connectivity index (χ1) is 10.1. The second-order valence-electron chi connectivity index (χ2n) is 5.40. The van der Waals surface area contributed by atoms with Gasteiger partial charge in [0.2, 0.25) is 0 Å². The number of rotatable bonds is 4. The van der Waals surface area contributed by atoms with Crippen LogP contribution in [-0.2, 0) is 6.42 Å². The van der Waals surface area contributed by atoms with Gasteiger partial charge in [0.1, 0.15) is 5.82 Å². The molecule has 2 nitrogen and oxygen atoms in total. The number of benzene rings is 1. The zero-order valence-electron chi connectivity index (χ0n) is 12.6. The summed E-state index contributed by atoms with van der Waals surface area (Å²) in [5.41, 5.74) is 3.56. The van der Waals surface area contributed by atoms with Crippen molar-refractivity contribution < 1.29 is 0 Å². The average Bonchev–Trinajstić information content (AvgIpc) is 3.03. The van der Waals surface area contributed by atoms with Crippen molar-refractivity contribution in [3.63, 3.8) is 0 Å². The van der Waals surface area contributed by atoms with E-state index in [2.05, 4.69) is 55.7 Å². The number of hydrogen-bond donors (Lipinski definition) is 0. The number of aryl methyl sites for hydroxylation is 3. The normalized spacial score (nSPS) is 13.0. The Morgan fingerprint density at radius 2 is 2.05 bits per heavy atom. The van der Waals surface area contributed by atoms with E-state index in [0.29, 0.717) is 5.88 Å². The van der Waals surface area contributed by atoms with Crippen LogP contribution in [0.4, 0.5) is 0 Å². The molecule has 0 aliphatic heterocycles. The summed E-state index contributed by atoms with van der Waals surface area (Å²) >= 11 is 7.83. The van der Waals surface area contributed by atoms with Gasteiger partial charge in [-0.05, 0) is 44.5 Å². The summed E-state index contributed by atoms with van der Waals surface area (Å²) in [7, 11) is 0. The molecular formula is C17H19ClN2S. The number of alkyl halides is 1. The second kappa shape index (κ2) is 5.82. The molecular weight excluding hydrogens is 300 g/mol. The Bertz CT molecular complexity index is 772. The Morgan fingerprint density at radius 3 is 2.71 bits per heavy atom. The highest BCUT2D eigenvalue weighted by Crippen LogP contribution is 2.31. The predicted molar refractivity (Wildman–Crippen MR) is 91.8 cm³/mol. The van der Waals surface area contributed by atoms with E-state index in [1.165, 1.54) is 20.8 Å². The summed E-state index contributed by atoms with van der Waals surface area (Å²) in [4.78, 5) is 7.51. The minimum atomic E-state index is 0.285. The van der Waals surface area contributed by atoms with Crippen LogP contribution < -0.4 is 0 Å². The molecule has 21 heavy (non-hydrogen) atoms. The summed E-state index contributed by atoms with van der Waals surface area (Å²) < 4.78 is 2.36. The first-order valence-corrected chi connectivity index (χ1v) is 8.55. The summed E-state index contributed by atoms with van der Waals surface area (Å²) in [6.45, 7) is 6.55. The van der Waals surface area contributed by atoms with Gasteiger partial charge in [0, 0.05) is 22.1 Å². The van der Waals surface area contributed by atoms with Crippen molar-refractivity contribution >= 4 is 34.0 Å². The lowest BCUT2D eigenvalue weighted by atomic mass is 10.2. The Morgan fingerprint density at radius 1 is 1.24 bits per heavy atom. The molecule has 2 heterocycles. The lowest BCUT2D eigenvalue weighted by Gasteiger charge is -2.17. The van der Waals surface area contributed by atoms with Crippen molar-refractivity contribution in [2.45, 2.75) is 33.2 Å². The third-order valence-corrected chi connectivity index (χ3v) is 5.22. The van der Waals surface area contributed by atoms with Gasteiger partial charge in [-0.1, -0.05) is 12.1 Å². The lowest BCUT2D eigenvalue weighted by molar-refractivity contribution is 0.632. The molecule has 0 amide bonds. The molecule has 0 radical (unpaired) electrons. The zero-order valence-corrected chi connectivity index (χ0v) is 14.1. The van der Waals surface area contributed by atoms with Gasteiger partial charge in [0.25, 0.3) is 0 Å². The maximum Gasteiger partial charge on any atom is 0.111 e. The Balaban J connectivity index is 2.21. The highest BCUT2D eigenvalue weighted by Gasteiger charge is 2.19. The Hall–Kier alpha value is -1.32. The van der Waals surface area contributed by atoms with E-state index >= 15 is 0 Å². The van der Waals surface area contributed by atoms with Crippen molar-refractivity contribution in [1.82, 2.24) is 9.55 Å². The number of thiophene rings is 1. The molecule has 0 fully saturated rings. The van der Waals surface area contributed by atoms with E-state index in [0.717, 1.165) is 17.8 Å². The van der Waals surface area contributed by atoms with E-state index < -0.39 is 0 Å². The average molecular weight is 319 g/mol. The third kappa shape index (κ3) is 2.60. The number of hydrogen-bond acceptors (Lipinski definition) is 2. The number of nitrogens with zero attached hydrogens (tertiary/aromatic N) is 2. The van der Waals surface area contributed by atoms with Crippen molar-refractivity contribution in [3.8, 4) is 0 Å². The first kappa shape index (κ1) is 14.6. The maximum absolute atomic E-state index is 5.98. The van der Waals surface area contributed by atoms with Crippen LogP contribution in [0.25, 0.3) is 11.0 Å². The molecule has 1 unspecified atom stereocenters. The molecule has 0 aliphatic rings. The highest BCUT2D eigenvalue weighted by atomic mass is 35.5. The molecule has 0 bridgehead atoms. The Labute approximate surface area is 134 Å². The fourth-order valence-corrected chi connectivity index (χ4v) is 3.94. The van der Waals surface area contributed by atoms with Crippen LogP contribution in [0.2, 0.25) is 0 Å². The van der Waals surface area contributed by atoms with Crippen molar-refractivity contribution in [2.24, 2.45) is 0 Å². The summed E-state index contributed by atoms with van der Waals surface area (Å²) in [6.07, 6.45) is 0.796. The minimum absolute atomic E-state index is 0.285. The Kier molecular flexibility index (Phi) is 4.05. The van der Waals surface area contributed by atoms with Crippen molar-refractivity contribution in [3.05, 3.63) is 51.5 Å². The van der Waals surface area contributed by atoms with Gasteiger partial charge in [-0.3, -0.25) is 0 Å². The van der Waals surface area contributed by atoms with Crippen LogP contribution in [-0.4, -0.2) is 15.4 Å². The number of imidazole rings is 1. The van der Waals surface area contributed by atoms with Crippen molar-refractivity contribution in [1.29, 1.82) is 0 Å². The number of halogens is 1. The largest absolute Gasteiger partial charge is 0.320 e. The fourth-order valence-electron chi connectivity index (χ4n) is 2.85. The van der Waals surface area contributed by atoms with Gasteiger partial charge >= 0.3 is 0 Å². The molecule has 3 rings (SSSR count). The molecule has 0 N–H and O–H groups in total. The molecule has 0 aliphatic carbocycles. The molecule has 4 heteroatoms. The van der Waals surface area contributed by atoms with Crippen LogP contribution in [0.3, 0.4) is 0 Å². The molecule has 1 aromatic carbocycles. The maximum atomic E-state index is 5.98. The number of aromatic nitrogens is 2. The first-order valence-electron chi connectivity index (χ1n) is 7.20. The van der Waals surface area contributed by atoms with Crippen LogP contribution in [0.15, 0.2) is 30.3 Å². The van der Waals surface area contributed by atoms with Gasteiger partial charge in [-0.25, -0.2) is 4.98 Å². The van der Waals surface area contributed by atoms with Gasteiger partial charge < -0.3 is 4.57 Å². The zero-order chi connectivity index (χ0) is 15.0. The van der Waals surface area contributed by atoms with Gasteiger partial charge in [-0.15, -0.1) is 22.9 Å². The van der Waals surface area contributed by atoms with Crippen LogP contribution in [0, 0.1) is 13.8 Å². The lowest BCUT2D eigenvalue weighted by Crippen LogP contribution is -2.10. The van der Waals surface area contributed by atoms with E-state index in [1.807, 2.05) is 11.3 Å². The van der Waals surface area contributed by atoms with E-state index in [1.54, 1.807) is 0 Å². The highest BCUT2D eigenvalue weighted by molar-refractivity contribution is 7.12. The van der Waals surface area contributed by atoms with E-state index in [-0.39, 0.29) is 6.04 Å². The quantitative estimate of drug-likeness (QED) is 0.611. The molecule has 110 valence electrons. The minimum Gasteiger partial charge on any atom is -0.320 e. The summed E-state index contributed by atoms with van der Waals surface area (Å²) in [6, 6.07) is 11.0. The second-order valence-corrected chi connectivity index (χ2v) is 7.10. The van der Waals surface area contributed by atoms with Crippen molar-refractivity contribution in [2.75, 3.05) is 5.88 Å². The standard InChI is InChI=1S/C17H19ClN2S/c1-11-5-4-6-14-17(11)20(16(19-14)9-10-18)13(3)15-8-7-12(2)21-15/h4-8,13H,9-10H2,1-3H3. The van der Waals surface area contributed by atoms with E-state index in [9.17, 15) is 0 Å². The third-order valence-electron chi connectivity index (χ3n) is 3.86. The van der Waals surface area contributed by atoms with Crippen LogP contribution in [0.1, 0.15) is 34.1 Å². The van der Waals surface area contributed by atoms with Gasteiger partial charge in [-0.2, -0.15) is 0 Å².